The van der Waals surface area contributed by atoms with Gasteiger partial charge in [0.25, 0.3) is 0 Å². The standard InChI is InChI=1S/C29H46O5Si/c1-23-18-20-32-26(21-23)16-17-27(31-6)28(33-22-24-12-14-25(30-5)15-13-24)11-9-10-19-34-35(7,8)29(2,3)4/h9-10,12-18,26-28H,11,19-22H2,1-8H3/t26-,27?,28+/m1/s1. The molecule has 1 aliphatic heterocycles. The van der Waals surface area contributed by atoms with Crippen molar-refractivity contribution in [2.45, 2.75) is 83.6 Å². The summed E-state index contributed by atoms with van der Waals surface area (Å²) in [6.07, 6.45) is 12.0. The number of benzene rings is 1. The predicted molar refractivity (Wildman–Crippen MR) is 147 cm³/mol. The Morgan fingerprint density at radius 3 is 2.43 bits per heavy atom. The zero-order valence-electron chi connectivity index (χ0n) is 23.0. The van der Waals surface area contributed by atoms with E-state index in [-0.39, 0.29) is 23.4 Å². The number of hydrogen-bond donors (Lipinski definition) is 0. The first-order valence-corrected chi connectivity index (χ1v) is 15.5. The Morgan fingerprint density at radius 2 is 1.83 bits per heavy atom. The first kappa shape index (κ1) is 29.5. The van der Waals surface area contributed by atoms with Gasteiger partial charge in [0.15, 0.2) is 8.32 Å². The molecule has 196 valence electrons. The second kappa shape index (κ2) is 14.1. The summed E-state index contributed by atoms with van der Waals surface area (Å²) in [5.74, 6) is 0.837. The summed E-state index contributed by atoms with van der Waals surface area (Å²) in [6, 6.07) is 7.97. The summed E-state index contributed by atoms with van der Waals surface area (Å²) >= 11 is 0. The maximum absolute atomic E-state index is 6.36. The van der Waals surface area contributed by atoms with Crippen molar-refractivity contribution in [2.75, 3.05) is 27.4 Å². The van der Waals surface area contributed by atoms with Crippen LogP contribution in [0.15, 0.2) is 60.2 Å². The topological polar surface area (TPSA) is 46.2 Å². The van der Waals surface area contributed by atoms with E-state index in [1.54, 1.807) is 14.2 Å². The highest BCUT2D eigenvalue weighted by Gasteiger charge is 2.36. The first-order chi connectivity index (χ1) is 16.6. The smallest absolute Gasteiger partial charge is 0.192 e. The van der Waals surface area contributed by atoms with E-state index in [1.165, 1.54) is 5.57 Å². The average Bonchev–Trinajstić information content (AvgIpc) is 2.81. The van der Waals surface area contributed by atoms with Crippen LogP contribution in [-0.2, 0) is 25.2 Å². The first-order valence-electron chi connectivity index (χ1n) is 12.6. The fourth-order valence-corrected chi connectivity index (χ4v) is 4.42. The molecule has 5 nitrogen and oxygen atoms in total. The van der Waals surface area contributed by atoms with Gasteiger partial charge < -0.3 is 23.4 Å². The minimum atomic E-state index is -1.76. The van der Waals surface area contributed by atoms with Crippen molar-refractivity contribution in [1.29, 1.82) is 0 Å². The summed E-state index contributed by atoms with van der Waals surface area (Å²) in [5, 5.41) is 0.200. The summed E-state index contributed by atoms with van der Waals surface area (Å²) in [4.78, 5) is 0. The Bertz CT molecular complexity index is 836. The predicted octanol–water partition coefficient (Wildman–Crippen LogP) is 6.85. The SMILES string of the molecule is COc1ccc(CO[C@@H](CC=CCO[Si](C)(C)C(C)(C)C)C(C=C[C@@H]2CC(C)=CCO2)OC)cc1. The van der Waals surface area contributed by atoms with Crippen molar-refractivity contribution in [3.63, 3.8) is 0 Å². The molecule has 0 N–H and O–H groups in total. The Hall–Kier alpha value is -1.70. The largest absolute Gasteiger partial charge is 0.497 e. The lowest BCUT2D eigenvalue weighted by molar-refractivity contribution is -0.0420. The Morgan fingerprint density at radius 1 is 1.11 bits per heavy atom. The second-order valence-electron chi connectivity index (χ2n) is 10.7. The third kappa shape index (κ3) is 10.1. The molecule has 0 saturated heterocycles. The molecule has 0 amide bonds. The third-order valence-corrected chi connectivity index (χ3v) is 11.4. The van der Waals surface area contributed by atoms with Gasteiger partial charge in [0.2, 0.25) is 0 Å². The summed E-state index contributed by atoms with van der Waals surface area (Å²) in [6.45, 7) is 15.3. The van der Waals surface area contributed by atoms with E-state index < -0.39 is 8.32 Å². The molecular formula is C29H46O5Si. The van der Waals surface area contributed by atoms with Crippen LogP contribution >= 0.6 is 0 Å². The van der Waals surface area contributed by atoms with Gasteiger partial charge in [0.05, 0.1) is 39.1 Å². The molecule has 0 bridgehead atoms. The molecule has 1 aliphatic rings. The van der Waals surface area contributed by atoms with Gasteiger partial charge >= 0.3 is 0 Å². The average molecular weight is 503 g/mol. The van der Waals surface area contributed by atoms with E-state index in [1.807, 2.05) is 24.3 Å². The zero-order valence-corrected chi connectivity index (χ0v) is 24.0. The van der Waals surface area contributed by atoms with Gasteiger partial charge in [-0.3, -0.25) is 0 Å². The lowest BCUT2D eigenvalue weighted by atomic mass is 10.0. The molecule has 0 aromatic heterocycles. The molecule has 3 atom stereocenters. The van der Waals surface area contributed by atoms with Crippen molar-refractivity contribution in [3.05, 3.63) is 65.8 Å². The van der Waals surface area contributed by atoms with Crippen LogP contribution < -0.4 is 4.74 Å². The fraction of sp³-hybridized carbons (Fsp3) is 0.586. The molecular weight excluding hydrogens is 456 g/mol. The Kier molecular flexibility index (Phi) is 11.9. The summed E-state index contributed by atoms with van der Waals surface area (Å²) in [7, 11) is 1.64. The quantitative estimate of drug-likeness (QED) is 0.218. The van der Waals surface area contributed by atoms with Crippen LogP contribution in [0.25, 0.3) is 0 Å². The van der Waals surface area contributed by atoms with Crippen molar-refractivity contribution >= 4 is 8.32 Å². The van der Waals surface area contributed by atoms with Crippen molar-refractivity contribution in [2.24, 2.45) is 0 Å². The minimum absolute atomic E-state index is 0.0772. The molecule has 0 fully saturated rings. The lowest BCUT2D eigenvalue weighted by Gasteiger charge is -2.35. The zero-order chi connectivity index (χ0) is 25.9. The number of methoxy groups -OCH3 is 2. The summed E-state index contributed by atoms with van der Waals surface area (Å²) in [5.41, 5.74) is 2.45. The van der Waals surface area contributed by atoms with Gasteiger partial charge in [-0.1, -0.05) is 68.9 Å². The third-order valence-electron chi connectivity index (χ3n) is 6.92. The van der Waals surface area contributed by atoms with Gasteiger partial charge in [-0.15, -0.1) is 0 Å². The molecule has 6 heteroatoms. The van der Waals surface area contributed by atoms with Crippen LogP contribution in [0.4, 0.5) is 0 Å². The second-order valence-corrected chi connectivity index (χ2v) is 15.5. The highest BCUT2D eigenvalue weighted by atomic mass is 28.4. The van der Waals surface area contributed by atoms with Crippen molar-refractivity contribution < 1.29 is 23.4 Å². The Balaban J connectivity index is 2.04. The van der Waals surface area contributed by atoms with E-state index in [0.29, 0.717) is 19.8 Å². The van der Waals surface area contributed by atoms with Gasteiger partial charge in [-0.25, -0.2) is 0 Å². The van der Waals surface area contributed by atoms with E-state index in [9.17, 15) is 0 Å². The monoisotopic (exact) mass is 502 g/mol. The number of rotatable bonds is 13. The van der Waals surface area contributed by atoms with Gasteiger partial charge in [-0.05, 0) is 55.6 Å². The van der Waals surface area contributed by atoms with Crippen molar-refractivity contribution in [1.82, 2.24) is 0 Å². The molecule has 0 spiro atoms. The maximum Gasteiger partial charge on any atom is 0.192 e. The molecule has 0 radical (unpaired) electrons. The highest BCUT2D eigenvalue weighted by Crippen LogP contribution is 2.36. The maximum atomic E-state index is 6.36. The molecule has 1 unspecified atom stereocenters. The van der Waals surface area contributed by atoms with Gasteiger partial charge in [-0.2, -0.15) is 0 Å². The molecule has 1 heterocycles. The molecule has 0 aliphatic carbocycles. The molecule has 1 aromatic rings. The van der Waals surface area contributed by atoms with Gasteiger partial charge in [0, 0.05) is 7.11 Å². The molecule has 0 saturated carbocycles. The van der Waals surface area contributed by atoms with Crippen LogP contribution in [0.2, 0.25) is 18.1 Å². The van der Waals surface area contributed by atoms with E-state index in [0.717, 1.165) is 24.2 Å². The van der Waals surface area contributed by atoms with Crippen LogP contribution in [0.3, 0.4) is 0 Å². The van der Waals surface area contributed by atoms with E-state index in [2.05, 4.69) is 71.2 Å². The van der Waals surface area contributed by atoms with Crippen LogP contribution in [0.5, 0.6) is 5.75 Å². The van der Waals surface area contributed by atoms with Crippen molar-refractivity contribution in [3.8, 4) is 5.75 Å². The Labute approximate surface area is 214 Å². The highest BCUT2D eigenvalue weighted by molar-refractivity contribution is 6.74. The number of ether oxygens (including phenoxy) is 4. The van der Waals surface area contributed by atoms with E-state index in [4.69, 9.17) is 23.4 Å². The lowest BCUT2D eigenvalue weighted by Crippen LogP contribution is -2.40. The van der Waals surface area contributed by atoms with Crippen LogP contribution in [-0.4, -0.2) is 54.1 Å². The van der Waals surface area contributed by atoms with E-state index >= 15 is 0 Å². The summed E-state index contributed by atoms with van der Waals surface area (Å²) < 4.78 is 29.6. The van der Waals surface area contributed by atoms with Gasteiger partial charge in [0.1, 0.15) is 11.9 Å². The van der Waals surface area contributed by atoms with Crippen LogP contribution in [0.1, 0.15) is 46.1 Å². The molecule has 2 rings (SSSR count). The number of hydrogen-bond acceptors (Lipinski definition) is 5. The molecule has 35 heavy (non-hydrogen) atoms. The fourth-order valence-electron chi connectivity index (χ4n) is 3.48. The van der Waals surface area contributed by atoms with Crippen LogP contribution in [0, 0.1) is 0 Å². The normalized spacial score (nSPS) is 19.2. The molecule has 1 aromatic carbocycles. The minimum Gasteiger partial charge on any atom is -0.497 e.